The second-order valence-electron chi connectivity index (χ2n) is 2.64. The molecule has 0 saturated heterocycles. The summed E-state index contributed by atoms with van der Waals surface area (Å²) >= 11 is 5.56. The van der Waals surface area contributed by atoms with Crippen molar-refractivity contribution in [1.82, 2.24) is 0 Å². The summed E-state index contributed by atoms with van der Waals surface area (Å²) in [7, 11) is 0. The van der Waals surface area contributed by atoms with Crippen LogP contribution in [-0.4, -0.2) is 5.78 Å². The minimum absolute atomic E-state index is 0.129. The maximum atomic E-state index is 11.2. The van der Waals surface area contributed by atoms with Gasteiger partial charge < -0.3 is 0 Å². The summed E-state index contributed by atoms with van der Waals surface area (Å²) in [6, 6.07) is 3.91. The standard InChI is InChI=1S/C9H8BrIO/c1-5-3-7(10)4-8(11)9(5)6(2)12/h3-4H,1-2H3. The topological polar surface area (TPSA) is 17.1 Å². The fraction of sp³-hybridized carbons (Fsp3) is 0.222. The molecule has 1 aromatic rings. The molecule has 0 radical (unpaired) electrons. The van der Waals surface area contributed by atoms with Crippen molar-refractivity contribution in [3.05, 3.63) is 31.3 Å². The molecular formula is C9H8BrIO. The van der Waals surface area contributed by atoms with Gasteiger partial charge >= 0.3 is 0 Å². The van der Waals surface area contributed by atoms with Crippen molar-refractivity contribution < 1.29 is 4.79 Å². The van der Waals surface area contributed by atoms with Crippen molar-refractivity contribution in [2.24, 2.45) is 0 Å². The summed E-state index contributed by atoms with van der Waals surface area (Å²) in [4.78, 5) is 11.2. The zero-order valence-corrected chi connectivity index (χ0v) is 10.6. The molecule has 1 aromatic carbocycles. The van der Waals surface area contributed by atoms with E-state index in [1.54, 1.807) is 6.92 Å². The van der Waals surface area contributed by atoms with Crippen LogP contribution in [-0.2, 0) is 0 Å². The summed E-state index contributed by atoms with van der Waals surface area (Å²) in [5.41, 5.74) is 1.86. The Morgan fingerprint density at radius 1 is 1.50 bits per heavy atom. The Hall–Kier alpha value is 0.1000. The first-order chi connectivity index (χ1) is 5.52. The molecular weight excluding hydrogens is 331 g/mol. The Morgan fingerprint density at radius 2 is 2.08 bits per heavy atom. The molecule has 0 atom stereocenters. The molecule has 0 aliphatic heterocycles. The number of halogens is 2. The highest BCUT2D eigenvalue weighted by molar-refractivity contribution is 14.1. The zero-order chi connectivity index (χ0) is 9.30. The molecule has 0 aliphatic rings. The number of Topliss-reactive ketones (excluding diaryl/α,β-unsaturated/α-hetero) is 1. The minimum Gasteiger partial charge on any atom is -0.294 e. The molecule has 0 unspecified atom stereocenters. The van der Waals surface area contributed by atoms with E-state index in [1.165, 1.54) is 0 Å². The number of benzene rings is 1. The maximum absolute atomic E-state index is 11.2. The average Bonchev–Trinajstić information content (AvgIpc) is 1.82. The van der Waals surface area contributed by atoms with Crippen molar-refractivity contribution in [2.45, 2.75) is 13.8 Å². The van der Waals surface area contributed by atoms with E-state index < -0.39 is 0 Å². The lowest BCUT2D eigenvalue weighted by molar-refractivity contribution is 0.101. The van der Waals surface area contributed by atoms with Crippen LogP contribution in [0, 0.1) is 10.5 Å². The maximum Gasteiger partial charge on any atom is 0.161 e. The molecule has 0 aromatic heterocycles. The van der Waals surface area contributed by atoms with Gasteiger partial charge in [-0.2, -0.15) is 0 Å². The number of hydrogen-bond acceptors (Lipinski definition) is 1. The van der Waals surface area contributed by atoms with Gasteiger partial charge in [-0.25, -0.2) is 0 Å². The van der Waals surface area contributed by atoms with Crippen LogP contribution in [0.15, 0.2) is 16.6 Å². The van der Waals surface area contributed by atoms with Crippen molar-refractivity contribution >= 4 is 44.3 Å². The van der Waals surface area contributed by atoms with Crippen LogP contribution in [0.1, 0.15) is 22.8 Å². The van der Waals surface area contributed by atoms with E-state index in [4.69, 9.17) is 0 Å². The Bertz CT molecular complexity index is 310. The van der Waals surface area contributed by atoms with Gasteiger partial charge in [0.1, 0.15) is 0 Å². The summed E-state index contributed by atoms with van der Waals surface area (Å²) in [5.74, 6) is 0.129. The molecule has 1 nitrogen and oxygen atoms in total. The summed E-state index contributed by atoms with van der Waals surface area (Å²) in [6.07, 6.45) is 0. The molecule has 0 fully saturated rings. The lowest BCUT2D eigenvalue weighted by Gasteiger charge is -2.05. The van der Waals surface area contributed by atoms with E-state index in [1.807, 2.05) is 19.1 Å². The first kappa shape index (κ1) is 10.2. The summed E-state index contributed by atoms with van der Waals surface area (Å²) in [5, 5.41) is 0. The lowest BCUT2D eigenvalue weighted by Crippen LogP contribution is -1.99. The van der Waals surface area contributed by atoms with Crippen LogP contribution in [0.25, 0.3) is 0 Å². The fourth-order valence-corrected chi connectivity index (χ4v) is 3.29. The third kappa shape index (κ3) is 2.07. The Morgan fingerprint density at radius 3 is 2.50 bits per heavy atom. The SMILES string of the molecule is CC(=O)c1c(C)cc(Br)cc1I. The highest BCUT2D eigenvalue weighted by Gasteiger charge is 2.08. The normalized spacial score (nSPS) is 10.0. The number of hydrogen-bond donors (Lipinski definition) is 0. The van der Waals surface area contributed by atoms with Gasteiger partial charge in [0.2, 0.25) is 0 Å². The number of ketones is 1. The van der Waals surface area contributed by atoms with E-state index in [0.29, 0.717) is 0 Å². The molecule has 0 spiro atoms. The van der Waals surface area contributed by atoms with Gasteiger partial charge in [-0.3, -0.25) is 4.79 Å². The second kappa shape index (κ2) is 3.87. The quantitative estimate of drug-likeness (QED) is 0.565. The summed E-state index contributed by atoms with van der Waals surface area (Å²) in [6.45, 7) is 3.54. The minimum atomic E-state index is 0.129. The third-order valence-electron chi connectivity index (χ3n) is 1.60. The van der Waals surface area contributed by atoms with E-state index in [-0.39, 0.29) is 5.78 Å². The molecule has 12 heavy (non-hydrogen) atoms. The lowest BCUT2D eigenvalue weighted by atomic mass is 10.1. The molecule has 0 aliphatic carbocycles. The van der Waals surface area contributed by atoms with E-state index in [2.05, 4.69) is 38.5 Å². The van der Waals surface area contributed by atoms with E-state index in [9.17, 15) is 4.79 Å². The highest BCUT2D eigenvalue weighted by atomic mass is 127. The van der Waals surface area contributed by atoms with Gasteiger partial charge in [-0.1, -0.05) is 15.9 Å². The van der Waals surface area contributed by atoms with Gasteiger partial charge in [0.05, 0.1) is 0 Å². The van der Waals surface area contributed by atoms with Gasteiger partial charge in [-0.05, 0) is 54.1 Å². The molecule has 64 valence electrons. The first-order valence-electron chi connectivity index (χ1n) is 3.49. The smallest absolute Gasteiger partial charge is 0.161 e. The van der Waals surface area contributed by atoms with Crippen molar-refractivity contribution in [3.8, 4) is 0 Å². The molecule has 0 bridgehead atoms. The molecule has 1 rings (SSSR count). The fourth-order valence-electron chi connectivity index (χ4n) is 1.15. The van der Waals surface area contributed by atoms with Gasteiger partial charge in [0, 0.05) is 13.6 Å². The molecule has 0 amide bonds. The third-order valence-corrected chi connectivity index (χ3v) is 2.91. The van der Waals surface area contributed by atoms with Crippen LogP contribution in [0.4, 0.5) is 0 Å². The average molecular weight is 339 g/mol. The van der Waals surface area contributed by atoms with Crippen molar-refractivity contribution in [2.75, 3.05) is 0 Å². The number of aryl methyl sites for hydroxylation is 1. The molecule has 0 heterocycles. The number of carbonyl (C=O) groups is 1. The van der Waals surface area contributed by atoms with Crippen molar-refractivity contribution in [3.63, 3.8) is 0 Å². The predicted molar refractivity (Wildman–Crippen MR) is 61.6 cm³/mol. The van der Waals surface area contributed by atoms with Gasteiger partial charge in [0.15, 0.2) is 5.78 Å². The number of rotatable bonds is 1. The molecule has 0 saturated carbocycles. The zero-order valence-electron chi connectivity index (χ0n) is 6.82. The first-order valence-corrected chi connectivity index (χ1v) is 5.36. The van der Waals surface area contributed by atoms with Crippen LogP contribution in [0.2, 0.25) is 0 Å². The summed E-state index contributed by atoms with van der Waals surface area (Å²) < 4.78 is 2.03. The van der Waals surface area contributed by atoms with Crippen LogP contribution in [0.5, 0.6) is 0 Å². The van der Waals surface area contributed by atoms with Crippen molar-refractivity contribution in [1.29, 1.82) is 0 Å². The Labute approximate surface area is 93.8 Å². The predicted octanol–water partition coefficient (Wildman–Crippen LogP) is 3.56. The molecule has 0 N–H and O–H groups in total. The number of carbonyl (C=O) groups excluding carboxylic acids is 1. The second-order valence-corrected chi connectivity index (χ2v) is 4.71. The largest absolute Gasteiger partial charge is 0.294 e. The van der Waals surface area contributed by atoms with E-state index in [0.717, 1.165) is 19.2 Å². The monoisotopic (exact) mass is 338 g/mol. The molecule has 3 heteroatoms. The van der Waals surface area contributed by atoms with E-state index >= 15 is 0 Å². The van der Waals surface area contributed by atoms with Gasteiger partial charge in [0.25, 0.3) is 0 Å². The highest BCUT2D eigenvalue weighted by Crippen LogP contribution is 2.22. The van der Waals surface area contributed by atoms with Crippen LogP contribution >= 0.6 is 38.5 Å². The van der Waals surface area contributed by atoms with Crippen LogP contribution in [0.3, 0.4) is 0 Å². The van der Waals surface area contributed by atoms with Crippen LogP contribution < -0.4 is 0 Å². The Kier molecular flexibility index (Phi) is 3.29. The Balaban J connectivity index is 3.38. The van der Waals surface area contributed by atoms with Gasteiger partial charge in [-0.15, -0.1) is 0 Å².